The van der Waals surface area contributed by atoms with Crippen molar-refractivity contribution >= 4 is 5.97 Å². The third kappa shape index (κ3) is 7.90. The van der Waals surface area contributed by atoms with Gasteiger partial charge in [0.05, 0.1) is 13.2 Å². The average molecular weight is 214 g/mol. The summed E-state index contributed by atoms with van der Waals surface area (Å²) >= 11 is 0. The van der Waals surface area contributed by atoms with Gasteiger partial charge in [0.1, 0.15) is 0 Å². The summed E-state index contributed by atoms with van der Waals surface area (Å²) in [7, 11) is 0. The van der Waals surface area contributed by atoms with Crippen molar-refractivity contribution in [2.45, 2.75) is 13.3 Å². The van der Waals surface area contributed by atoms with Crippen molar-refractivity contribution in [1.82, 2.24) is 0 Å². The van der Waals surface area contributed by atoms with Gasteiger partial charge in [-0.1, -0.05) is 12.7 Å². The van der Waals surface area contributed by atoms with E-state index in [1.807, 2.05) is 6.92 Å². The minimum atomic E-state index is -0.446. The maximum Gasteiger partial charge on any atom is 0.335 e. The Hall–Kier alpha value is -1.13. The van der Waals surface area contributed by atoms with Crippen LogP contribution in [0.4, 0.5) is 0 Å². The van der Waals surface area contributed by atoms with E-state index in [0.717, 1.165) is 0 Å². The van der Waals surface area contributed by atoms with Gasteiger partial charge in [0.15, 0.2) is 6.79 Å². The summed E-state index contributed by atoms with van der Waals surface area (Å²) in [6, 6.07) is 0. The van der Waals surface area contributed by atoms with E-state index in [9.17, 15) is 4.79 Å². The molecule has 15 heavy (non-hydrogen) atoms. The van der Waals surface area contributed by atoms with Crippen LogP contribution in [0.1, 0.15) is 13.3 Å². The third-order valence-electron chi connectivity index (χ3n) is 1.55. The molecule has 0 rings (SSSR count). The van der Waals surface area contributed by atoms with Gasteiger partial charge in [0, 0.05) is 18.6 Å². The van der Waals surface area contributed by atoms with Crippen LogP contribution in [-0.2, 0) is 19.0 Å². The SMILES string of the molecule is C=CCOCOC(=O)C(=C)CCOCC. The van der Waals surface area contributed by atoms with E-state index >= 15 is 0 Å². The maximum atomic E-state index is 11.2. The van der Waals surface area contributed by atoms with Gasteiger partial charge in [-0.15, -0.1) is 6.58 Å². The van der Waals surface area contributed by atoms with Crippen molar-refractivity contribution in [1.29, 1.82) is 0 Å². The molecule has 0 bridgehead atoms. The molecule has 0 aliphatic heterocycles. The third-order valence-corrected chi connectivity index (χ3v) is 1.55. The first kappa shape index (κ1) is 13.9. The van der Waals surface area contributed by atoms with Crippen LogP contribution in [0.25, 0.3) is 0 Å². The summed E-state index contributed by atoms with van der Waals surface area (Å²) in [4.78, 5) is 11.2. The topological polar surface area (TPSA) is 44.8 Å². The summed E-state index contributed by atoms with van der Waals surface area (Å²) in [6.45, 7) is 10.4. The van der Waals surface area contributed by atoms with E-state index in [-0.39, 0.29) is 6.79 Å². The van der Waals surface area contributed by atoms with Crippen LogP contribution < -0.4 is 0 Å². The number of carbonyl (C=O) groups is 1. The highest BCUT2D eigenvalue weighted by molar-refractivity contribution is 5.87. The smallest absolute Gasteiger partial charge is 0.335 e. The normalized spacial score (nSPS) is 9.67. The second-order valence-electron chi connectivity index (χ2n) is 2.76. The molecule has 4 heteroatoms. The van der Waals surface area contributed by atoms with Gasteiger partial charge in [0.25, 0.3) is 0 Å². The molecule has 0 saturated heterocycles. The fourth-order valence-corrected chi connectivity index (χ4v) is 0.770. The van der Waals surface area contributed by atoms with Crippen LogP contribution in [0.15, 0.2) is 24.8 Å². The molecular formula is C11H18O4. The summed E-state index contributed by atoms with van der Waals surface area (Å²) in [5.74, 6) is -0.446. The zero-order valence-electron chi connectivity index (χ0n) is 9.16. The standard InChI is InChI=1S/C11H18O4/c1-4-7-14-9-15-11(12)10(3)6-8-13-5-2/h4H,1,3,5-9H2,2H3. The average Bonchev–Trinajstić information content (AvgIpc) is 2.24. The van der Waals surface area contributed by atoms with E-state index in [2.05, 4.69) is 13.2 Å². The van der Waals surface area contributed by atoms with E-state index in [1.165, 1.54) is 0 Å². The Morgan fingerprint density at radius 1 is 1.40 bits per heavy atom. The van der Waals surface area contributed by atoms with Crippen LogP contribution >= 0.6 is 0 Å². The molecule has 0 unspecified atom stereocenters. The summed E-state index contributed by atoms with van der Waals surface area (Å²) < 4.78 is 14.8. The molecule has 0 radical (unpaired) electrons. The van der Waals surface area contributed by atoms with E-state index in [1.54, 1.807) is 6.08 Å². The predicted molar refractivity (Wildman–Crippen MR) is 57.4 cm³/mol. The maximum absolute atomic E-state index is 11.2. The van der Waals surface area contributed by atoms with E-state index < -0.39 is 5.97 Å². The molecular weight excluding hydrogens is 196 g/mol. The van der Waals surface area contributed by atoms with E-state index in [4.69, 9.17) is 14.2 Å². The van der Waals surface area contributed by atoms with Gasteiger partial charge in [-0.2, -0.15) is 0 Å². The molecule has 0 saturated carbocycles. The summed E-state index contributed by atoms with van der Waals surface area (Å²) in [5, 5.41) is 0. The van der Waals surface area contributed by atoms with Gasteiger partial charge in [-0.3, -0.25) is 0 Å². The lowest BCUT2D eigenvalue weighted by Gasteiger charge is -2.06. The fourth-order valence-electron chi connectivity index (χ4n) is 0.770. The molecule has 0 aliphatic carbocycles. The zero-order chi connectivity index (χ0) is 11.5. The lowest BCUT2D eigenvalue weighted by atomic mass is 10.2. The molecule has 0 fully saturated rings. The molecule has 0 amide bonds. The number of hydrogen-bond acceptors (Lipinski definition) is 4. The Labute approximate surface area is 90.5 Å². The number of rotatable bonds is 9. The van der Waals surface area contributed by atoms with Gasteiger partial charge in [-0.25, -0.2) is 4.79 Å². The summed E-state index contributed by atoms with van der Waals surface area (Å²) in [6.07, 6.45) is 2.06. The number of ether oxygens (including phenoxy) is 3. The fraction of sp³-hybridized carbons (Fsp3) is 0.545. The van der Waals surface area contributed by atoms with Crippen LogP contribution in [0, 0.1) is 0 Å². The molecule has 0 aliphatic rings. The van der Waals surface area contributed by atoms with Crippen LogP contribution in [0.2, 0.25) is 0 Å². The highest BCUT2D eigenvalue weighted by Gasteiger charge is 2.07. The quantitative estimate of drug-likeness (QED) is 0.192. The summed E-state index contributed by atoms with van der Waals surface area (Å²) in [5.41, 5.74) is 0.394. The highest BCUT2D eigenvalue weighted by atomic mass is 16.7. The first-order chi connectivity index (χ1) is 7.22. The molecule has 0 aromatic heterocycles. The Balaban J connectivity index is 3.51. The Bertz CT molecular complexity index is 211. The molecule has 4 nitrogen and oxygen atoms in total. The number of carbonyl (C=O) groups excluding carboxylic acids is 1. The van der Waals surface area contributed by atoms with Gasteiger partial charge >= 0.3 is 5.97 Å². The van der Waals surface area contributed by atoms with Crippen LogP contribution in [0.5, 0.6) is 0 Å². The van der Waals surface area contributed by atoms with Crippen molar-refractivity contribution in [3.63, 3.8) is 0 Å². The van der Waals surface area contributed by atoms with Crippen molar-refractivity contribution < 1.29 is 19.0 Å². The lowest BCUT2D eigenvalue weighted by Crippen LogP contribution is -2.11. The first-order valence-electron chi connectivity index (χ1n) is 4.83. The van der Waals surface area contributed by atoms with Gasteiger partial charge in [0.2, 0.25) is 0 Å². The molecule has 0 atom stereocenters. The molecule has 0 aromatic rings. The zero-order valence-corrected chi connectivity index (χ0v) is 9.16. The molecule has 0 spiro atoms. The van der Waals surface area contributed by atoms with Crippen LogP contribution in [0.3, 0.4) is 0 Å². The minimum Gasteiger partial charge on any atom is -0.435 e. The number of hydrogen-bond donors (Lipinski definition) is 0. The van der Waals surface area contributed by atoms with Crippen molar-refractivity contribution in [2.75, 3.05) is 26.6 Å². The largest absolute Gasteiger partial charge is 0.435 e. The van der Waals surface area contributed by atoms with Gasteiger partial charge in [-0.05, 0) is 6.92 Å². The molecule has 0 N–H and O–H groups in total. The predicted octanol–water partition coefficient (Wildman–Crippen LogP) is 1.67. The molecule has 0 aromatic carbocycles. The Kier molecular flexibility index (Phi) is 8.72. The van der Waals surface area contributed by atoms with Crippen molar-refractivity contribution in [3.05, 3.63) is 24.8 Å². The monoisotopic (exact) mass is 214 g/mol. The van der Waals surface area contributed by atoms with E-state index in [0.29, 0.717) is 31.8 Å². The van der Waals surface area contributed by atoms with Crippen molar-refractivity contribution in [2.24, 2.45) is 0 Å². The lowest BCUT2D eigenvalue weighted by molar-refractivity contribution is -0.150. The second-order valence-corrected chi connectivity index (χ2v) is 2.76. The second kappa shape index (κ2) is 9.43. The van der Waals surface area contributed by atoms with Crippen molar-refractivity contribution in [3.8, 4) is 0 Å². The minimum absolute atomic E-state index is 0.0709. The van der Waals surface area contributed by atoms with Gasteiger partial charge < -0.3 is 14.2 Å². The van der Waals surface area contributed by atoms with Crippen LogP contribution in [-0.4, -0.2) is 32.6 Å². The molecule has 86 valence electrons. The first-order valence-corrected chi connectivity index (χ1v) is 4.83. The highest BCUT2D eigenvalue weighted by Crippen LogP contribution is 2.01. The molecule has 0 heterocycles. The Morgan fingerprint density at radius 3 is 2.73 bits per heavy atom. The number of esters is 1. The Morgan fingerprint density at radius 2 is 2.13 bits per heavy atom.